The number of phenols is 1. The number of phenolic OH excluding ortho intramolecular Hbond substituents is 1. The van der Waals surface area contributed by atoms with Gasteiger partial charge >= 0.3 is 0 Å². The lowest BCUT2D eigenvalue weighted by molar-refractivity contribution is 0.0660. The van der Waals surface area contributed by atoms with E-state index >= 15 is 0 Å². The van der Waals surface area contributed by atoms with Gasteiger partial charge in [0.05, 0.1) is 0 Å². The molecule has 0 saturated heterocycles. The standard InChI is InChI=1S/C15H21O2/c1-6-15(5)8-7-12-11(4)13(16)9(2)10(3)14(12)17-15/h16H,1,6-8H2,2-5H3/t15-/m1/s1. The fourth-order valence-electron chi connectivity index (χ4n) is 2.47. The van der Waals surface area contributed by atoms with Crippen molar-refractivity contribution in [2.45, 2.75) is 52.6 Å². The Bertz CT molecular complexity index is 463. The van der Waals surface area contributed by atoms with E-state index in [4.69, 9.17) is 4.74 Å². The zero-order valence-electron chi connectivity index (χ0n) is 11.2. The van der Waals surface area contributed by atoms with Gasteiger partial charge in [0.25, 0.3) is 0 Å². The number of ether oxygens (including phenoxy) is 1. The van der Waals surface area contributed by atoms with Crippen LogP contribution < -0.4 is 4.74 Å². The summed E-state index contributed by atoms with van der Waals surface area (Å²) in [5, 5.41) is 10.1. The minimum Gasteiger partial charge on any atom is -0.507 e. The zero-order chi connectivity index (χ0) is 12.8. The third kappa shape index (κ3) is 1.80. The molecule has 0 fully saturated rings. The molecule has 1 aromatic carbocycles. The predicted molar refractivity (Wildman–Crippen MR) is 69.6 cm³/mol. The van der Waals surface area contributed by atoms with Crippen LogP contribution in [-0.2, 0) is 6.42 Å². The fourth-order valence-corrected chi connectivity index (χ4v) is 2.47. The first kappa shape index (κ1) is 12.3. The molecule has 2 rings (SSSR count). The molecule has 1 N–H and O–H groups in total. The molecular formula is C15H21O2. The minimum absolute atomic E-state index is 0.159. The van der Waals surface area contributed by atoms with E-state index in [1.165, 1.54) is 0 Å². The number of hydrogen-bond donors (Lipinski definition) is 1. The first-order valence-electron chi connectivity index (χ1n) is 6.19. The molecule has 0 aliphatic carbocycles. The van der Waals surface area contributed by atoms with E-state index in [0.717, 1.165) is 47.3 Å². The van der Waals surface area contributed by atoms with Gasteiger partial charge in [0.1, 0.15) is 17.1 Å². The van der Waals surface area contributed by atoms with E-state index in [1.807, 2.05) is 20.8 Å². The smallest absolute Gasteiger partial charge is 0.127 e. The number of rotatable bonds is 1. The van der Waals surface area contributed by atoms with E-state index in [1.54, 1.807) is 0 Å². The van der Waals surface area contributed by atoms with Crippen LogP contribution in [0.3, 0.4) is 0 Å². The van der Waals surface area contributed by atoms with Crippen molar-refractivity contribution in [1.82, 2.24) is 0 Å². The lowest BCUT2D eigenvalue weighted by atomic mass is 9.86. The largest absolute Gasteiger partial charge is 0.507 e. The third-order valence-corrected chi connectivity index (χ3v) is 4.12. The van der Waals surface area contributed by atoms with Crippen LogP contribution in [0.2, 0.25) is 0 Å². The molecule has 2 heteroatoms. The van der Waals surface area contributed by atoms with Crippen LogP contribution in [0.5, 0.6) is 11.5 Å². The van der Waals surface area contributed by atoms with Gasteiger partial charge in [-0.3, -0.25) is 0 Å². The van der Waals surface area contributed by atoms with Crippen molar-refractivity contribution in [1.29, 1.82) is 0 Å². The zero-order valence-corrected chi connectivity index (χ0v) is 11.2. The van der Waals surface area contributed by atoms with E-state index < -0.39 is 0 Å². The molecule has 1 radical (unpaired) electrons. The van der Waals surface area contributed by atoms with Crippen LogP contribution >= 0.6 is 0 Å². The Morgan fingerprint density at radius 3 is 2.47 bits per heavy atom. The summed E-state index contributed by atoms with van der Waals surface area (Å²) in [6, 6.07) is 0. The highest BCUT2D eigenvalue weighted by atomic mass is 16.5. The van der Waals surface area contributed by atoms with Crippen molar-refractivity contribution in [2.75, 3.05) is 0 Å². The van der Waals surface area contributed by atoms with Crippen molar-refractivity contribution >= 4 is 0 Å². The van der Waals surface area contributed by atoms with Crippen molar-refractivity contribution in [3.05, 3.63) is 29.2 Å². The van der Waals surface area contributed by atoms with Gasteiger partial charge in [-0.25, -0.2) is 0 Å². The number of benzene rings is 1. The van der Waals surface area contributed by atoms with Gasteiger partial charge in [0.2, 0.25) is 0 Å². The summed E-state index contributed by atoms with van der Waals surface area (Å²) in [6.45, 7) is 12.0. The van der Waals surface area contributed by atoms with Crippen molar-refractivity contribution in [2.24, 2.45) is 0 Å². The number of fused-ring (bicyclic) bond motifs is 1. The Kier molecular flexibility index (Phi) is 2.84. The van der Waals surface area contributed by atoms with Crippen LogP contribution in [0.15, 0.2) is 0 Å². The van der Waals surface area contributed by atoms with E-state index in [9.17, 15) is 5.11 Å². The maximum Gasteiger partial charge on any atom is 0.127 e. The quantitative estimate of drug-likeness (QED) is 0.802. The molecule has 93 valence electrons. The lowest BCUT2D eigenvalue weighted by Gasteiger charge is -2.37. The molecule has 1 aromatic rings. The van der Waals surface area contributed by atoms with Gasteiger partial charge in [-0.2, -0.15) is 0 Å². The van der Waals surface area contributed by atoms with Crippen LogP contribution in [-0.4, -0.2) is 10.7 Å². The molecule has 0 aromatic heterocycles. The maximum atomic E-state index is 10.1. The molecule has 17 heavy (non-hydrogen) atoms. The highest BCUT2D eigenvalue weighted by molar-refractivity contribution is 5.58. The summed E-state index contributed by atoms with van der Waals surface area (Å²) in [4.78, 5) is 0. The Labute approximate surface area is 104 Å². The molecule has 0 spiro atoms. The highest BCUT2D eigenvalue weighted by Crippen LogP contribution is 2.43. The third-order valence-electron chi connectivity index (χ3n) is 4.12. The summed E-state index contributed by atoms with van der Waals surface area (Å²) < 4.78 is 6.14. The second-order valence-corrected chi connectivity index (χ2v) is 5.33. The average Bonchev–Trinajstić information content (AvgIpc) is 2.33. The summed E-state index contributed by atoms with van der Waals surface area (Å²) in [6.07, 6.45) is 2.69. The van der Waals surface area contributed by atoms with Crippen LogP contribution in [0.4, 0.5) is 0 Å². The van der Waals surface area contributed by atoms with E-state index in [2.05, 4.69) is 13.8 Å². The normalized spacial score (nSPS) is 23.1. The van der Waals surface area contributed by atoms with Crippen molar-refractivity contribution in [3.63, 3.8) is 0 Å². The Morgan fingerprint density at radius 2 is 1.88 bits per heavy atom. The Hall–Kier alpha value is -1.18. The van der Waals surface area contributed by atoms with Crippen molar-refractivity contribution < 1.29 is 9.84 Å². The summed E-state index contributed by atoms with van der Waals surface area (Å²) in [7, 11) is 0. The average molecular weight is 233 g/mol. The van der Waals surface area contributed by atoms with Gasteiger partial charge in [-0.1, -0.05) is 0 Å². The van der Waals surface area contributed by atoms with E-state index in [0.29, 0.717) is 5.75 Å². The topological polar surface area (TPSA) is 29.5 Å². The molecule has 0 bridgehead atoms. The molecule has 2 nitrogen and oxygen atoms in total. The van der Waals surface area contributed by atoms with Gasteiger partial charge in [-0.05, 0) is 70.6 Å². The van der Waals surface area contributed by atoms with Gasteiger partial charge < -0.3 is 9.84 Å². The Balaban J connectivity index is 2.59. The molecular weight excluding hydrogens is 212 g/mol. The van der Waals surface area contributed by atoms with Crippen molar-refractivity contribution in [3.8, 4) is 11.5 Å². The molecule has 0 amide bonds. The molecule has 1 aliphatic rings. The lowest BCUT2D eigenvalue weighted by Crippen LogP contribution is -2.36. The summed E-state index contributed by atoms with van der Waals surface area (Å²) in [5.74, 6) is 1.39. The molecule has 1 heterocycles. The van der Waals surface area contributed by atoms with Gasteiger partial charge in [0.15, 0.2) is 0 Å². The monoisotopic (exact) mass is 233 g/mol. The fraction of sp³-hybridized carbons (Fsp3) is 0.533. The molecule has 1 atom stereocenters. The molecule has 0 saturated carbocycles. The number of hydrogen-bond acceptors (Lipinski definition) is 2. The second kappa shape index (κ2) is 3.94. The predicted octanol–water partition coefficient (Wildman–Crippen LogP) is 3.63. The first-order valence-corrected chi connectivity index (χ1v) is 6.19. The maximum absolute atomic E-state index is 10.1. The second-order valence-electron chi connectivity index (χ2n) is 5.33. The van der Waals surface area contributed by atoms with Gasteiger partial charge in [-0.15, -0.1) is 0 Å². The van der Waals surface area contributed by atoms with Crippen LogP contribution in [0.25, 0.3) is 0 Å². The number of aromatic hydroxyl groups is 1. The van der Waals surface area contributed by atoms with Crippen LogP contribution in [0, 0.1) is 27.7 Å². The summed E-state index contributed by atoms with van der Waals surface area (Å²) >= 11 is 0. The Morgan fingerprint density at radius 1 is 1.24 bits per heavy atom. The minimum atomic E-state index is -0.159. The van der Waals surface area contributed by atoms with Crippen LogP contribution in [0.1, 0.15) is 42.0 Å². The first-order chi connectivity index (χ1) is 7.89. The SMILES string of the molecule is [CH2]C[C@]1(C)CCc2c(C)c(O)c(C)c(C)c2O1. The summed E-state index contributed by atoms with van der Waals surface area (Å²) in [5.41, 5.74) is 3.95. The molecule has 1 aliphatic heterocycles. The molecule has 0 unspecified atom stereocenters. The van der Waals surface area contributed by atoms with E-state index in [-0.39, 0.29) is 5.60 Å². The van der Waals surface area contributed by atoms with Gasteiger partial charge in [0, 0.05) is 5.56 Å². The highest BCUT2D eigenvalue weighted by Gasteiger charge is 2.32.